The van der Waals surface area contributed by atoms with Crippen molar-refractivity contribution in [3.8, 4) is 0 Å². The van der Waals surface area contributed by atoms with Crippen LogP contribution in [0, 0.1) is 0 Å². The van der Waals surface area contributed by atoms with Crippen LogP contribution < -0.4 is 10.6 Å². The van der Waals surface area contributed by atoms with Crippen molar-refractivity contribution >= 4 is 51.6 Å². The topological polar surface area (TPSA) is 95.5 Å². The molecule has 0 spiro atoms. The molecule has 34 heavy (non-hydrogen) atoms. The van der Waals surface area contributed by atoms with E-state index in [1.54, 1.807) is 54.6 Å². The molecule has 3 rings (SSSR count). The van der Waals surface area contributed by atoms with Gasteiger partial charge in [0.15, 0.2) is 0 Å². The summed E-state index contributed by atoms with van der Waals surface area (Å²) in [5.74, 6) is -1.50. The molecule has 1 atom stereocenters. The lowest BCUT2D eigenvalue weighted by Crippen LogP contribution is -2.45. The Morgan fingerprint density at radius 1 is 0.912 bits per heavy atom. The predicted octanol–water partition coefficient (Wildman–Crippen LogP) is 4.72. The Balaban J connectivity index is 1.74. The van der Waals surface area contributed by atoms with Crippen LogP contribution in [0.1, 0.15) is 21.5 Å². The number of benzene rings is 3. The summed E-state index contributed by atoms with van der Waals surface area (Å²) in [5.41, 5.74) is 2.07. The Hall–Kier alpha value is -3.36. The van der Waals surface area contributed by atoms with Crippen LogP contribution in [0.2, 0.25) is 0 Å². The number of carboxylic acid groups (broad SMARTS) is 1. The van der Waals surface area contributed by atoms with Gasteiger partial charge in [-0.15, -0.1) is 0 Å². The molecule has 174 valence electrons. The highest BCUT2D eigenvalue weighted by Gasteiger charge is 2.23. The minimum Gasteiger partial charge on any atom is -0.480 e. The molecule has 0 heterocycles. The molecule has 3 aromatic rings. The summed E-state index contributed by atoms with van der Waals surface area (Å²) in [6.07, 6.45) is 1.51. The molecule has 0 fully saturated rings. The van der Waals surface area contributed by atoms with Crippen LogP contribution >= 0.6 is 27.7 Å². The minimum atomic E-state index is -1.15. The summed E-state index contributed by atoms with van der Waals surface area (Å²) in [6, 6.07) is 24.2. The number of amides is 2. The molecule has 0 aliphatic heterocycles. The highest BCUT2D eigenvalue weighted by atomic mass is 79.9. The van der Waals surface area contributed by atoms with Gasteiger partial charge in [0.05, 0.1) is 0 Å². The molecule has 2 amide bonds. The van der Waals surface area contributed by atoms with Gasteiger partial charge in [-0.2, -0.15) is 11.8 Å². The number of hydrogen-bond donors (Lipinski definition) is 3. The first-order chi connectivity index (χ1) is 16.4. The second-order valence-corrected chi connectivity index (χ2v) is 9.24. The Morgan fingerprint density at radius 2 is 1.53 bits per heavy atom. The van der Waals surface area contributed by atoms with Crippen LogP contribution in [0.25, 0.3) is 6.08 Å². The fourth-order valence-electron chi connectivity index (χ4n) is 2.95. The summed E-state index contributed by atoms with van der Waals surface area (Å²) in [7, 11) is 0. The van der Waals surface area contributed by atoms with Gasteiger partial charge in [0.1, 0.15) is 11.7 Å². The fraction of sp³-hybridized carbons (Fsp3) is 0.115. The zero-order valence-electron chi connectivity index (χ0n) is 18.1. The molecule has 3 aromatic carbocycles. The first-order valence-electron chi connectivity index (χ1n) is 10.4. The maximum Gasteiger partial charge on any atom is 0.327 e. The van der Waals surface area contributed by atoms with Crippen molar-refractivity contribution in [3.63, 3.8) is 0 Å². The molecule has 0 unspecified atom stereocenters. The van der Waals surface area contributed by atoms with Crippen molar-refractivity contribution in [2.75, 3.05) is 5.75 Å². The van der Waals surface area contributed by atoms with Crippen LogP contribution in [0.15, 0.2) is 95.1 Å². The third-order valence-electron chi connectivity index (χ3n) is 4.71. The van der Waals surface area contributed by atoms with Crippen LogP contribution in [-0.4, -0.2) is 34.7 Å². The third kappa shape index (κ3) is 7.90. The van der Waals surface area contributed by atoms with Crippen molar-refractivity contribution < 1.29 is 19.5 Å². The zero-order valence-corrected chi connectivity index (χ0v) is 20.5. The molecule has 0 aliphatic carbocycles. The molecular formula is C26H23BrN2O4S. The van der Waals surface area contributed by atoms with E-state index in [0.717, 1.165) is 10.0 Å². The van der Waals surface area contributed by atoms with Crippen molar-refractivity contribution in [3.05, 3.63) is 112 Å². The maximum absolute atomic E-state index is 13.1. The molecule has 0 aromatic heterocycles. The van der Waals surface area contributed by atoms with E-state index in [2.05, 4.69) is 26.6 Å². The summed E-state index contributed by atoms with van der Waals surface area (Å²) >= 11 is 4.77. The quantitative estimate of drug-likeness (QED) is 0.324. The van der Waals surface area contributed by atoms with Crippen molar-refractivity contribution in [2.24, 2.45) is 0 Å². The normalized spacial score (nSPS) is 12.0. The number of carbonyl (C=O) groups excluding carboxylic acids is 2. The van der Waals surface area contributed by atoms with E-state index in [1.807, 2.05) is 30.3 Å². The van der Waals surface area contributed by atoms with E-state index in [9.17, 15) is 19.5 Å². The first kappa shape index (κ1) is 25.3. The molecular weight excluding hydrogens is 516 g/mol. The summed E-state index contributed by atoms with van der Waals surface area (Å²) in [6.45, 7) is 0. The summed E-state index contributed by atoms with van der Waals surface area (Å²) in [5, 5.41) is 14.8. The Morgan fingerprint density at radius 3 is 2.15 bits per heavy atom. The highest BCUT2D eigenvalue weighted by Crippen LogP contribution is 2.15. The average molecular weight is 539 g/mol. The fourth-order valence-corrected chi connectivity index (χ4v) is 4.22. The standard InChI is InChI=1S/C26H23BrN2O4S/c27-21-13-11-18(12-14-21)15-22(28-24(30)20-9-5-2-6-10-20)25(31)29-23(26(32)33)17-34-16-19-7-3-1-4-8-19/h1-15,23H,16-17H2,(H,28,30)(H,29,31)(H,32,33)/b22-15+/t23-/m1/s1. The van der Waals surface area contributed by atoms with Crippen LogP contribution in [-0.2, 0) is 15.3 Å². The van der Waals surface area contributed by atoms with Crippen molar-refractivity contribution in [1.29, 1.82) is 0 Å². The number of nitrogens with one attached hydrogen (secondary N) is 2. The molecule has 0 saturated carbocycles. The smallest absolute Gasteiger partial charge is 0.327 e. The van der Waals surface area contributed by atoms with Gasteiger partial charge >= 0.3 is 5.97 Å². The highest BCUT2D eigenvalue weighted by molar-refractivity contribution is 9.10. The van der Waals surface area contributed by atoms with Gasteiger partial charge in [-0.05, 0) is 41.5 Å². The number of carboxylic acids is 1. The van der Waals surface area contributed by atoms with Gasteiger partial charge in [0.2, 0.25) is 0 Å². The Bertz CT molecular complexity index is 1150. The van der Waals surface area contributed by atoms with Gasteiger partial charge in [-0.25, -0.2) is 4.79 Å². The molecule has 8 heteroatoms. The van der Waals surface area contributed by atoms with Crippen molar-refractivity contribution in [2.45, 2.75) is 11.8 Å². The molecule has 0 radical (unpaired) electrons. The van der Waals surface area contributed by atoms with Gasteiger partial charge in [-0.1, -0.05) is 76.6 Å². The SMILES string of the molecule is O=C(N[C@H](CSCc1ccccc1)C(=O)O)/C(=C\c1ccc(Br)cc1)NC(=O)c1ccccc1. The van der Waals surface area contributed by atoms with Gasteiger partial charge in [0.25, 0.3) is 11.8 Å². The van der Waals surface area contributed by atoms with Crippen molar-refractivity contribution in [1.82, 2.24) is 10.6 Å². The first-order valence-corrected chi connectivity index (χ1v) is 12.4. The number of thioether (sulfide) groups is 1. The van der Waals surface area contributed by atoms with Gasteiger partial charge in [0, 0.05) is 21.5 Å². The number of hydrogen-bond acceptors (Lipinski definition) is 4. The summed E-state index contributed by atoms with van der Waals surface area (Å²) in [4.78, 5) is 37.5. The second-order valence-electron chi connectivity index (χ2n) is 7.29. The van der Waals surface area contributed by atoms with E-state index in [0.29, 0.717) is 16.9 Å². The largest absolute Gasteiger partial charge is 0.480 e. The van der Waals surface area contributed by atoms with Gasteiger partial charge in [-0.3, -0.25) is 9.59 Å². The van der Waals surface area contributed by atoms with E-state index in [4.69, 9.17) is 0 Å². The molecule has 0 aliphatic rings. The molecule has 0 saturated heterocycles. The maximum atomic E-state index is 13.1. The lowest BCUT2D eigenvalue weighted by molar-refractivity contribution is -0.140. The Labute approximate surface area is 210 Å². The van der Waals surface area contributed by atoms with Gasteiger partial charge < -0.3 is 15.7 Å². The van der Waals surface area contributed by atoms with E-state index >= 15 is 0 Å². The number of rotatable bonds is 10. The number of carbonyl (C=O) groups is 3. The van der Waals surface area contributed by atoms with Crippen LogP contribution in [0.3, 0.4) is 0 Å². The average Bonchev–Trinajstić information content (AvgIpc) is 2.85. The Kier molecular flexibility index (Phi) is 9.49. The molecule has 0 bridgehead atoms. The van der Waals surface area contributed by atoms with Crippen LogP contribution in [0.5, 0.6) is 0 Å². The zero-order chi connectivity index (χ0) is 24.3. The van der Waals surface area contributed by atoms with Crippen LogP contribution in [0.4, 0.5) is 0 Å². The molecule has 6 nitrogen and oxygen atoms in total. The minimum absolute atomic E-state index is 0.0458. The third-order valence-corrected chi connectivity index (χ3v) is 6.34. The molecule has 3 N–H and O–H groups in total. The lowest BCUT2D eigenvalue weighted by Gasteiger charge is -2.17. The van der Waals surface area contributed by atoms with E-state index < -0.39 is 23.8 Å². The second kappa shape index (κ2) is 12.8. The van der Waals surface area contributed by atoms with E-state index in [1.165, 1.54) is 17.8 Å². The van der Waals surface area contributed by atoms with E-state index in [-0.39, 0.29) is 11.4 Å². The summed E-state index contributed by atoms with van der Waals surface area (Å²) < 4.78 is 0.866. The number of aliphatic carboxylic acids is 1. The lowest BCUT2D eigenvalue weighted by atomic mass is 10.1. The predicted molar refractivity (Wildman–Crippen MR) is 138 cm³/mol. The number of halogens is 1. The monoisotopic (exact) mass is 538 g/mol.